The molecule has 192 valence electrons. The number of nitrogens with one attached hydrogen (secondary N) is 2. The highest BCUT2D eigenvalue weighted by molar-refractivity contribution is 5.68. The van der Waals surface area contributed by atoms with Crippen molar-refractivity contribution in [2.45, 2.75) is 12.2 Å². The molecule has 0 aliphatic carbocycles. The fourth-order valence-electron chi connectivity index (χ4n) is 3.38. The maximum atomic E-state index is 13.2. The predicted molar refractivity (Wildman–Crippen MR) is 120 cm³/mol. The SMILES string of the molecule is COC[C@@H](/C=C/COC(=O)N1CCN(c2ncc(C#N)cn2)CC1)Nc1cn[nH]c(=O)c1C(F)(F)F. The van der Waals surface area contributed by atoms with E-state index in [0.29, 0.717) is 37.7 Å². The van der Waals surface area contributed by atoms with Gasteiger partial charge in [-0.15, -0.1) is 0 Å². The number of anilines is 2. The number of alkyl halides is 3. The second-order valence-electron chi connectivity index (χ2n) is 7.55. The molecule has 1 fully saturated rings. The molecule has 2 N–H and O–H groups in total. The van der Waals surface area contributed by atoms with Crippen LogP contribution in [-0.4, -0.2) is 83.7 Å². The molecule has 0 aromatic carbocycles. The number of halogens is 3. The van der Waals surface area contributed by atoms with Crippen LogP contribution >= 0.6 is 0 Å². The third kappa shape index (κ3) is 6.92. The number of carbonyl (C=O) groups is 1. The van der Waals surface area contributed by atoms with E-state index in [-0.39, 0.29) is 13.2 Å². The highest BCUT2D eigenvalue weighted by Crippen LogP contribution is 2.31. The first kappa shape index (κ1) is 26.4. The first-order valence-electron chi connectivity index (χ1n) is 10.7. The lowest BCUT2D eigenvalue weighted by atomic mass is 10.2. The number of methoxy groups -OCH3 is 1. The molecule has 1 saturated heterocycles. The van der Waals surface area contributed by atoms with Crippen LogP contribution in [0.3, 0.4) is 0 Å². The Morgan fingerprint density at radius 1 is 1.28 bits per heavy atom. The first-order valence-corrected chi connectivity index (χ1v) is 10.7. The van der Waals surface area contributed by atoms with Gasteiger partial charge >= 0.3 is 12.3 Å². The van der Waals surface area contributed by atoms with Crippen LogP contribution in [0.1, 0.15) is 11.1 Å². The van der Waals surface area contributed by atoms with E-state index >= 15 is 0 Å². The summed E-state index contributed by atoms with van der Waals surface area (Å²) < 4.78 is 50.0. The van der Waals surface area contributed by atoms with Crippen LogP contribution in [0, 0.1) is 11.3 Å². The van der Waals surface area contributed by atoms with E-state index in [4.69, 9.17) is 14.7 Å². The van der Waals surface area contributed by atoms with E-state index in [1.54, 1.807) is 5.10 Å². The summed E-state index contributed by atoms with van der Waals surface area (Å²) in [7, 11) is 1.37. The van der Waals surface area contributed by atoms with E-state index in [9.17, 15) is 22.8 Å². The second-order valence-corrected chi connectivity index (χ2v) is 7.55. The summed E-state index contributed by atoms with van der Waals surface area (Å²) >= 11 is 0. The third-order valence-electron chi connectivity index (χ3n) is 5.09. The molecule has 0 saturated carbocycles. The molecule has 1 aliphatic rings. The van der Waals surface area contributed by atoms with Gasteiger partial charge < -0.3 is 24.6 Å². The lowest BCUT2D eigenvalue weighted by molar-refractivity contribution is -0.138. The Morgan fingerprint density at radius 3 is 2.58 bits per heavy atom. The number of H-pyrrole nitrogens is 1. The molecule has 12 nitrogen and oxygen atoms in total. The minimum atomic E-state index is -4.88. The summed E-state index contributed by atoms with van der Waals surface area (Å²) in [5.74, 6) is 0.464. The Hall–Kier alpha value is -4.19. The van der Waals surface area contributed by atoms with Crippen molar-refractivity contribution in [3.05, 3.63) is 52.2 Å². The van der Waals surface area contributed by atoms with Gasteiger partial charge in [-0.3, -0.25) is 4.79 Å². The Morgan fingerprint density at radius 2 is 1.97 bits per heavy atom. The van der Waals surface area contributed by atoms with Crippen LogP contribution in [0.5, 0.6) is 0 Å². The van der Waals surface area contributed by atoms with Crippen LogP contribution in [0.4, 0.5) is 29.6 Å². The molecular formula is C21H23F3N8O4. The Kier molecular flexibility index (Phi) is 8.79. The molecule has 0 unspecified atom stereocenters. The number of aromatic nitrogens is 4. The fraction of sp³-hybridized carbons (Fsp3) is 0.429. The molecule has 1 amide bonds. The number of nitrogens with zero attached hydrogens (tertiary/aromatic N) is 6. The minimum Gasteiger partial charge on any atom is -0.445 e. The zero-order valence-corrected chi connectivity index (χ0v) is 19.2. The van der Waals surface area contributed by atoms with Crippen molar-refractivity contribution in [1.82, 2.24) is 25.1 Å². The molecule has 1 aliphatic heterocycles. The van der Waals surface area contributed by atoms with Crippen LogP contribution in [-0.2, 0) is 15.7 Å². The molecule has 0 radical (unpaired) electrons. The number of ether oxygens (including phenoxy) is 2. The Bertz CT molecular complexity index is 1160. The van der Waals surface area contributed by atoms with Crippen LogP contribution in [0.25, 0.3) is 0 Å². The molecule has 0 bridgehead atoms. The van der Waals surface area contributed by atoms with Gasteiger partial charge in [-0.2, -0.15) is 23.5 Å². The summed E-state index contributed by atoms with van der Waals surface area (Å²) in [6, 6.07) is 1.19. The predicted octanol–water partition coefficient (Wildman–Crippen LogP) is 1.39. The van der Waals surface area contributed by atoms with Gasteiger partial charge in [0.1, 0.15) is 18.2 Å². The Labute approximate surface area is 203 Å². The molecule has 2 aromatic heterocycles. The number of hydrogen-bond acceptors (Lipinski definition) is 10. The van der Waals surface area contributed by atoms with Crippen molar-refractivity contribution in [3.8, 4) is 6.07 Å². The topological polar surface area (TPSA) is 149 Å². The summed E-state index contributed by atoms with van der Waals surface area (Å²) in [5, 5.41) is 16.6. The van der Waals surface area contributed by atoms with Crippen LogP contribution < -0.4 is 15.8 Å². The number of piperazine rings is 1. The number of carbonyl (C=O) groups excluding carboxylic acids is 1. The van der Waals surface area contributed by atoms with E-state index in [1.165, 1.54) is 36.6 Å². The molecule has 3 heterocycles. The number of hydrogen-bond donors (Lipinski definition) is 2. The third-order valence-corrected chi connectivity index (χ3v) is 5.09. The lowest BCUT2D eigenvalue weighted by Gasteiger charge is -2.33. The monoisotopic (exact) mass is 508 g/mol. The maximum Gasteiger partial charge on any atom is 0.423 e. The Balaban J connectivity index is 1.50. The minimum absolute atomic E-state index is 0.0199. The molecule has 15 heteroatoms. The summed E-state index contributed by atoms with van der Waals surface area (Å²) in [6.45, 7) is 1.54. The highest BCUT2D eigenvalue weighted by Gasteiger charge is 2.37. The zero-order valence-electron chi connectivity index (χ0n) is 19.2. The van der Waals surface area contributed by atoms with Crippen molar-refractivity contribution in [2.24, 2.45) is 0 Å². The maximum absolute atomic E-state index is 13.2. The molecule has 36 heavy (non-hydrogen) atoms. The number of rotatable bonds is 8. The van der Waals surface area contributed by atoms with Gasteiger partial charge in [-0.1, -0.05) is 6.08 Å². The van der Waals surface area contributed by atoms with Gasteiger partial charge in [0, 0.05) is 33.3 Å². The second kappa shape index (κ2) is 12.0. The smallest absolute Gasteiger partial charge is 0.423 e. The van der Waals surface area contributed by atoms with Crippen molar-refractivity contribution < 1.29 is 27.4 Å². The molecule has 3 rings (SSSR count). The standard InChI is InChI=1S/C21H23F3N8O4/c1-35-13-15(29-16-12-28-30-18(33)17(16)21(22,23)24)3-2-8-36-20(34)32-6-4-31(5-7-32)19-26-10-14(9-25)11-27-19/h2-3,10-12,15H,4-8,13H2,1H3,(H2,29,30,33)/b3-2+/t15-/m1/s1. The molecule has 1 atom stereocenters. The van der Waals surface area contributed by atoms with Gasteiger partial charge in [0.25, 0.3) is 5.56 Å². The van der Waals surface area contributed by atoms with Crippen molar-refractivity contribution in [1.29, 1.82) is 5.26 Å². The normalized spacial score (nSPS) is 15.0. The van der Waals surface area contributed by atoms with Gasteiger partial charge in [-0.05, 0) is 6.08 Å². The largest absolute Gasteiger partial charge is 0.445 e. The van der Waals surface area contributed by atoms with Gasteiger partial charge in [0.05, 0.1) is 42.5 Å². The fourth-order valence-corrected chi connectivity index (χ4v) is 3.38. The summed E-state index contributed by atoms with van der Waals surface area (Å²) in [5.41, 5.74) is -2.91. The quantitative estimate of drug-likeness (QED) is 0.501. The van der Waals surface area contributed by atoms with E-state index in [1.807, 2.05) is 11.0 Å². The number of amides is 1. The highest BCUT2D eigenvalue weighted by atomic mass is 19.4. The van der Waals surface area contributed by atoms with E-state index < -0.39 is 35.1 Å². The van der Waals surface area contributed by atoms with Crippen molar-refractivity contribution in [3.63, 3.8) is 0 Å². The summed E-state index contributed by atoms with van der Waals surface area (Å²) in [4.78, 5) is 35.6. The van der Waals surface area contributed by atoms with Crippen LogP contribution in [0.2, 0.25) is 0 Å². The van der Waals surface area contributed by atoms with Crippen molar-refractivity contribution in [2.75, 3.05) is 56.7 Å². The van der Waals surface area contributed by atoms with Gasteiger partial charge in [0.2, 0.25) is 5.95 Å². The number of aromatic amines is 1. The molecule has 0 spiro atoms. The molecular weight excluding hydrogens is 485 g/mol. The molecule has 2 aromatic rings. The van der Waals surface area contributed by atoms with E-state index in [0.717, 1.165) is 6.20 Å². The zero-order chi connectivity index (χ0) is 26.1. The van der Waals surface area contributed by atoms with E-state index in [2.05, 4.69) is 20.4 Å². The van der Waals surface area contributed by atoms with Crippen molar-refractivity contribution >= 4 is 17.7 Å². The number of nitriles is 1. The van der Waals surface area contributed by atoms with Crippen LogP contribution in [0.15, 0.2) is 35.5 Å². The van der Waals surface area contributed by atoms with Gasteiger partial charge in [0.15, 0.2) is 0 Å². The first-order chi connectivity index (χ1) is 17.2. The lowest BCUT2D eigenvalue weighted by Crippen LogP contribution is -2.49. The van der Waals surface area contributed by atoms with Gasteiger partial charge in [-0.25, -0.2) is 19.9 Å². The average Bonchev–Trinajstić information content (AvgIpc) is 2.86. The summed E-state index contributed by atoms with van der Waals surface area (Å²) in [6.07, 6.45) is 1.22. The average molecular weight is 508 g/mol.